The maximum absolute atomic E-state index is 11.7. The molecule has 2 aromatic heterocycles. The Bertz CT molecular complexity index is 556. The molecule has 0 fully saturated rings. The standard InChI is InChI=1S/C12H14N2O4/c1-4-8-10(12(15)16-5-2)17-11(13-8)9-6-7(3)18-14-9/h6H,4-5H2,1-3H3. The van der Waals surface area contributed by atoms with Crippen molar-refractivity contribution in [1.82, 2.24) is 10.1 Å². The zero-order valence-electron chi connectivity index (χ0n) is 10.5. The van der Waals surface area contributed by atoms with Gasteiger partial charge in [-0.3, -0.25) is 0 Å². The first-order valence-corrected chi connectivity index (χ1v) is 5.76. The lowest BCUT2D eigenvalue weighted by Crippen LogP contribution is -2.05. The van der Waals surface area contributed by atoms with E-state index in [4.69, 9.17) is 13.7 Å². The van der Waals surface area contributed by atoms with Gasteiger partial charge in [0.2, 0.25) is 11.7 Å². The molecule has 18 heavy (non-hydrogen) atoms. The Labute approximate surface area is 104 Å². The van der Waals surface area contributed by atoms with Crippen molar-refractivity contribution >= 4 is 5.97 Å². The third kappa shape index (κ3) is 2.27. The Morgan fingerprint density at radius 3 is 2.78 bits per heavy atom. The van der Waals surface area contributed by atoms with E-state index in [9.17, 15) is 4.79 Å². The number of rotatable bonds is 4. The van der Waals surface area contributed by atoms with Gasteiger partial charge in [-0.15, -0.1) is 0 Å². The molecule has 0 atom stereocenters. The van der Waals surface area contributed by atoms with Gasteiger partial charge in [0, 0.05) is 6.07 Å². The molecule has 0 aliphatic rings. The average molecular weight is 250 g/mol. The predicted octanol–water partition coefficient (Wildman–Crippen LogP) is 2.38. The third-order valence-electron chi connectivity index (χ3n) is 2.34. The lowest BCUT2D eigenvalue weighted by atomic mass is 10.3. The highest BCUT2D eigenvalue weighted by Crippen LogP contribution is 2.22. The highest BCUT2D eigenvalue weighted by atomic mass is 16.5. The van der Waals surface area contributed by atoms with Crippen LogP contribution in [0.1, 0.15) is 35.9 Å². The SMILES string of the molecule is CCOC(=O)c1oc(-c2cc(C)on2)nc1CC. The summed E-state index contributed by atoms with van der Waals surface area (Å²) in [6.45, 7) is 5.69. The summed E-state index contributed by atoms with van der Waals surface area (Å²) in [6, 6.07) is 1.69. The van der Waals surface area contributed by atoms with E-state index in [1.165, 1.54) is 0 Å². The lowest BCUT2D eigenvalue weighted by Gasteiger charge is -1.98. The van der Waals surface area contributed by atoms with Gasteiger partial charge < -0.3 is 13.7 Å². The summed E-state index contributed by atoms with van der Waals surface area (Å²) in [5.41, 5.74) is 1.03. The summed E-state index contributed by atoms with van der Waals surface area (Å²) in [4.78, 5) is 15.9. The normalized spacial score (nSPS) is 10.6. The van der Waals surface area contributed by atoms with Crippen LogP contribution in [-0.2, 0) is 11.2 Å². The summed E-state index contributed by atoms with van der Waals surface area (Å²) in [7, 11) is 0. The molecule has 0 amide bonds. The number of aromatic nitrogens is 2. The Kier molecular flexibility index (Phi) is 3.45. The molecule has 0 bridgehead atoms. The Hall–Kier alpha value is -2.11. The largest absolute Gasteiger partial charge is 0.460 e. The van der Waals surface area contributed by atoms with E-state index in [1.807, 2.05) is 6.92 Å². The molecule has 2 aromatic rings. The maximum atomic E-state index is 11.7. The van der Waals surface area contributed by atoms with Gasteiger partial charge in [0.25, 0.3) is 0 Å². The first-order chi connectivity index (χ1) is 8.65. The molecule has 2 rings (SSSR count). The smallest absolute Gasteiger partial charge is 0.376 e. The minimum atomic E-state index is -0.506. The van der Waals surface area contributed by atoms with Crippen LogP contribution in [0.2, 0.25) is 0 Å². The zero-order chi connectivity index (χ0) is 13.1. The number of aryl methyl sites for hydroxylation is 2. The van der Waals surface area contributed by atoms with Gasteiger partial charge in [-0.25, -0.2) is 9.78 Å². The number of carbonyl (C=O) groups excluding carboxylic acids is 1. The van der Waals surface area contributed by atoms with Gasteiger partial charge in [-0.2, -0.15) is 0 Å². The average Bonchev–Trinajstić information content (AvgIpc) is 2.94. The van der Waals surface area contributed by atoms with Crippen LogP contribution in [-0.4, -0.2) is 22.7 Å². The summed E-state index contributed by atoms with van der Waals surface area (Å²) in [5.74, 6) is 0.550. The number of carbonyl (C=O) groups is 1. The van der Waals surface area contributed by atoms with E-state index in [1.54, 1.807) is 19.9 Å². The fourth-order valence-electron chi connectivity index (χ4n) is 1.52. The molecular formula is C12H14N2O4. The maximum Gasteiger partial charge on any atom is 0.376 e. The number of hydrogen-bond donors (Lipinski definition) is 0. The highest BCUT2D eigenvalue weighted by Gasteiger charge is 2.22. The molecule has 0 aliphatic carbocycles. The fourth-order valence-corrected chi connectivity index (χ4v) is 1.52. The second-order valence-electron chi connectivity index (χ2n) is 3.69. The van der Waals surface area contributed by atoms with Gasteiger partial charge >= 0.3 is 5.97 Å². The molecule has 0 unspecified atom stereocenters. The topological polar surface area (TPSA) is 78.4 Å². The van der Waals surface area contributed by atoms with Crippen molar-refractivity contribution in [3.8, 4) is 11.6 Å². The molecular weight excluding hydrogens is 236 g/mol. The van der Waals surface area contributed by atoms with Crippen molar-refractivity contribution in [2.75, 3.05) is 6.61 Å². The monoisotopic (exact) mass is 250 g/mol. The number of hydrogen-bond acceptors (Lipinski definition) is 6. The van der Waals surface area contributed by atoms with Crippen LogP contribution in [0.3, 0.4) is 0 Å². The van der Waals surface area contributed by atoms with Gasteiger partial charge in [-0.1, -0.05) is 12.1 Å². The van der Waals surface area contributed by atoms with E-state index in [2.05, 4.69) is 10.1 Å². The zero-order valence-corrected chi connectivity index (χ0v) is 10.5. The molecule has 6 nitrogen and oxygen atoms in total. The molecule has 96 valence electrons. The lowest BCUT2D eigenvalue weighted by molar-refractivity contribution is 0.0489. The number of ether oxygens (including phenoxy) is 1. The number of nitrogens with zero attached hydrogens (tertiary/aromatic N) is 2. The Balaban J connectivity index is 2.37. The Morgan fingerprint density at radius 2 is 2.22 bits per heavy atom. The minimum absolute atomic E-state index is 0.134. The van der Waals surface area contributed by atoms with Crippen LogP contribution in [0, 0.1) is 6.92 Å². The molecule has 6 heteroatoms. The number of esters is 1. The number of oxazole rings is 1. The van der Waals surface area contributed by atoms with Crippen LogP contribution in [0.4, 0.5) is 0 Å². The van der Waals surface area contributed by atoms with E-state index >= 15 is 0 Å². The Morgan fingerprint density at radius 1 is 1.44 bits per heavy atom. The predicted molar refractivity (Wildman–Crippen MR) is 62.1 cm³/mol. The fraction of sp³-hybridized carbons (Fsp3) is 0.417. The van der Waals surface area contributed by atoms with Gasteiger partial charge in [-0.05, 0) is 20.3 Å². The van der Waals surface area contributed by atoms with Crippen molar-refractivity contribution in [3.63, 3.8) is 0 Å². The van der Waals surface area contributed by atoms with E-state index < -0.39 is 5.97 Å². The van der Waals surface area contributed by atoms with Crippen LogP contribution in [0.15, 0.2) is 15.0 Å². The first-order valence-electron chi connectivity index (χ1n) is 5.76. The van der Waals surface area contributed by atoms with E-state index in [0.29, 0.717) is 30.2 Å². The van der Waals surface area contributed by atoms with Gasteiger partial charge in [0.15, 0.2) is 5.69 Å². The van der Waals surface area contributed by atoms with Crippen molar-refractivity contribution in [2.24, 2.45) is 0 Å². The van der Waals surface area contributed by atoms with Crippen molar-refractivity contribution in [2.45, 2.75) is 27.2 Å². The summed E-state index contributed by atoms with van der Waals surface area (Å²) < 4.78 is 15.3. The highest BCUT2D eigenvalue weighted by molar-refractivity contribution is 5.88. The van der Waals surface area contributed by atoms with Crippen molar-refractivity contribution < 1.29 is 18.5 Å². The first kappa shape index (κ1) is 12.3. The molecule has 2 heterocycles. The minimum Gasteiger partial charge on any atom is -0.460 e. The van der Waals surface area contributed by atoms with Crippen LogP contribution in [0.25, 0.3) is 11.6 Å². The van der Waals surface area contributed by atoms with Crippen LogP contribution >= 0.6 is 0 Å². The van der Waals surface area contributed by atoms with Crippen LogP contribution in [0.5, 0.6) is 0 Å². The van der Waals surface area contributed by atoms with Crippen LogP contribution < -0.4 is 0 Å². The van der Waals surface area contributed by atoms with E-state index in [0.717, 1.165) is 0 Å². The van der Waals surface area contributed by atoms with Gasteiger partial charge in [0.05, 0.1) is 12.3 Å². The molecule has 0 aromatic carbocycles. The second kappa shape index (κ2) is 5.03. The third-order valence-corrected chi connectivity index (χ3v) is 2.34. The van der Waals surface area contributed by atoms with E-state index in [-0.39, 0.29) is 11.7 Å². The molecule has 0 saturated heterocycles. The van der Waals surface area contributed by atoms with Gasteiger partial charge in [0.1, 0.15) is 5.76 Å². The molecule has 0 radical (unpaired) electrons. The summed E-state index contributed by atoms with van der Waals surface area (Å²) in [6.07, 6.45) is 0.578. The second-order valence-corrected chi connectivity index (χ2v) is 3.69. The van der Waals surface area contributed by atoms with Crippen molar-refractivity contribution in [1.29, 1.82) is 0 Å². The van der Waals surface area contributed by atoms with Crippen molar-refractivity contribution in [3.05, 3.63) is 23.3 Å². The summed E-state index contributed by atoms with van der Waals surface area (Å²) in [5, 5.41) is 3.80. The molecule has 0 aliphatic heterocycles. The molecule has 0 saturated carbocycles. The molecule has 0 spiro atoms. The summed E-state index contributed by atoms with van der Waals surface area (Å²) >= 11 is 0. The molecule has 0 N–H and O–H groups in total. The quantitative estimate of drug-likeness (QED) is 0.775.